The Labute approximate surface area is 166 Å². The van der Waals surface area contributed by atoms with Crippen LogP contribution in [0, 0.1) is 6.92 Å². The lowest BCUT2D eigenvalue weighted by Crippen LogP contribution is -2.49. The van der Waals surface area contributed by atoms with Gasteiger partial charge in [-0.3, -0.25) is 9.69 Å². The summed E-state index contributed by atoms with van der Waals surface area (Å²) in [7, 11) is 0. The number of anilines is 1. The minimum absolute atomic E-state index is 0.0505. The van der Waals surface area contributed by atoms with Gasteiger partial charge in [-0.15, -0.1) is 0 Å². The summed E-state index contributed by atoms with van der Waals surface area (Å²) in [6.07, 6.45) is 0. The predicted molar refractivity (Wildman–Crippen MR) is 109 cm³/mol. The second-order valence-corrected chi connectivity index (χ2v) is 7.45. The van der Waals surface area contributed by atoms with Crippen LogP contribution < -0.4 is 19.7 Å². The molecular weight excluding hydrogens is 354 g/mol. The summed E-state index contributed by atoms with van der Waals surface area (Å²) in [5.41, 5.74) is 3.61. The number of carbonyl (C=O) groups excluding carboxylic acids is 1. The molecule has 0 aromatic heterocycles. The molecule has 28 heavy (non-hydrogen) atoms. The van der Waals surface area contributed by atoms with E-state index >= 15 is 0 Å². The number of amides is 1. The van der Waals surface area contributed by atoms with E-state index in [0.717, 1.165) is 43.2 Å². The van der Waals surface area contributed by atoms with Gasteiger partial charge < -0.3 is 19.7 Å². The minimum atomic E-state index is -0.0738. The van der Waals surface area contributed by atoms with Crippen molar-refractivity contribution in [3.05, 3.63) is 53.6 Å². The topological polar surface area (TPSA) is 54.0 Å². The Balaban J connectivity index is 1.27. The van der Waals surface area contributed by atoms with Crippen LogP contribution in [0.3, 0.4) is 0 Å². The van der Waals surface area contributed by atoms with Crippen LogP contribution in [0.15, 0.2) is 42.5 Å². The fraction of sp³-hybridized carbons (Fsp3) is 0.409. The lowest BCUT2D eigenvalue weighted by Gasteiger charge is -2.36. The Kier molecular flexibility index (Phi) is 5.39. The molecule has 0 aliphatic carbocycles. The van der Waals surface area contributed by atoms with Crippen molar-refractivity contribution < 1.29 is 14.3 Å². The summed E-state index contributed by atoms with van der Waals surface area (Å²) in [4.78, 5) is 17.1. The van der Waals surface area contributed by atoms with Crippen LogP contribution in [0.2, 0.25) is 0 Å². The van der Waals surface area contributed by atoms with E-state index in [-0.39, 0.29) is 18.7 Å². The largest absolute Gasteiger partial charge is 0.454 e. The van der Waals surface area contributed by atoms with E-state index in [1.54, 1.807) is 0 Å². The van der Waals surface area contributed by atoms with Crippen molar-refractivity contribution in [3.8, 4) is 11.5 Å². The van der Waals surface area contributed by atoms with Gasteiger partial charge >= 0.3 is 0 Å². The van der Waals surface area contributed by atoms with Gasteiger partial charge in [-0.25, -0.2) is 0 Å². The third-order valence-electron chi connectivity index (χ3n) is 5.47. The Morgan fingerprint density at radius 2 is 1.82 bits per heavy atom. The van der Waals surface area contributed by atoms with Gasteiger partial charge in [-0.2, -0.15) is 0 Å². The lowest BCUT2D eigenvalue weighted by molar-refractivity contribution is -0.123. The van der Waals surface area contributed by atoms with Crippen LogP contribution in [0.5, 0.6) is 11.5 Å². The van der Waals surface area contributed by atoms with E-state index in [4.69, 9.17) is 9.47 Å². The van der Waals surface area contributed by atoms with Crippen molar-refractivity contribution in [2.24, 2.45) is 0 Å². The fourth-order valence-electron chi connectivity index (χ4n) is 3.82. The van der Waals surface area contributed by atoms with Crippen LogP contribution in [0.25, 0.3) is 0 Å². The van der Waals surface area contributed by atoms with E-state index in [1.807, 2.05) is 25.1 Å². The molecule has 2 aromatic carbocycles. The van der Waals surface area contributed by atoms with Crippen molar-refractivity contribution in [2.75, 3.05) is 44.4 Å². The van der Waals surface area contributed by atoms with Gasteiger partial charge in [0, 0.05) is 31.9 Å². The molecule has 1 amide bonds. The summed E-state index contributed by atoms with van der Waals surface area (Å²) in [5.74, 6) is 1.55. The number of ether oxygens (including phenoxy) is 2. The summed E-state index contributed by atoms with van der Waals surface area (Å²) < 4.78 is 10.8. The van der Waals surface area contributed by atoms with Gasteiger partial charge in [0.1, 0.15) is 0 Å². The number of para-hydroxylation sites is 1. The van der Waals surface area contributed by atoms with Gasteiger partial charge in [0.2, 0.25) is 12.7 Å². The molecule has 6 nitrogen and oxygen atoms in total. The maximum Gasteiger partial charge on any atom is 0.234 e. The highest BCUT2D eigenvalue weighted by Gasteiger charge is 2.21. The molecule has 1 atom stereocenters. The van der Waals surface area contributed by atoms with Crippen LogP contribution in [0.1, 0.15) is 24.1 Å². The van der Waals surface area contributed by atoms with E-state index < -0.39 is 0 Å². The number of benzene rings is 2. The van der Waals surface area contributed by atoms with Crippen molar-refractivity contribution in [1.29, 1.82) is 0 Å². The van der Waals surface area contributed by atoms with Crippen molar-refractivity contribution in [1.82, 2.24) is 10.2 Å². The normalized spacial score (nSPS) is 17.4. The van der Waals surface area contributed by atoms with E-state index in [0.29, 0.717) is 6.54 Å². The van der Waals surface area contributed by atoms with Gasteiger partial charge in [0.05, 0.1) is 12.6 Å². The summed E-state index contributed by atoms with van der Waals surface area (Å²) >= 11 is 0. The highest BCUT2D eigenvalue weighted by Crippen LogP contribution is 2.34. The smallest absolute Gasteiger partial charge is 0.234 e. The third kappa shape index (κ3) is 4.07. The van der Waals surface area contributed by atoms with Crippen molar-refractivity contribution >= 4 is 11.6 Å². The molecule has 0 saturated carbocycles. The number of hydrogen-bond donors (Lipinski definition) is 1. The molecule has 148 valence electrons. The number of piperazine rings is 1. The molecule has 0 spiro atoms. The molecule has 2 aromatic rings. The number of nitrogens with one attached hydrogen (secondary N) is 1. The van der Waals surface area contributed by atoms with Gasteiger partial charge in [0.15, 0.2) is 11.5 Å². The lowest BCUT2D eigenvalue weighted by atomic mass is 10.1. The average Bonchev–Trinajstić information content (AvgIpc) is 3.17. The average molecular weight is 381 g/mol. The van der Waals surface area contributed by atoms with Crippen molar-refractivity contribution in [2.45, 2.75) is 19.9 Å². The molecule has 0 unspecified atom stereocenters. The Morgan fingerprint density at radius 1 is 1.07 bits per heavy atom. The highest BCUT2D eigenvalue weighted by atomic mass is 16.7. The molecule has 1 fully saturated rings. The van der Waals surface area contributed by atoms with Crippen LogP contribution in [-0.2, 0) is 4.79 Å². The molecule has 4 rings (SSSR count). The molecular formula is C22H27N3O3. The first-order valence-corrected chi connectivity index (χ1v) is 9.82. The monoisotopic (exact) mass is 381 g/mol. The second kappa shape index (κ2) is 8.10. The maximum atomic E-state index is 12.5. The first kappa shape index (κ1) is 18.6. The van der Waals surface area contributed by atoms with E-state index in [9.17, 15) is 4.79 Å². The van der Waals surface area contributed by atoms with Crippen LogP contribution in [0.4, 0.5) is 5.69 Å². The molecule has 1 N–H and O–H groups in total. The number of aryl methyl sites for hydroxylation is 1. The number of hydrogen-bond acceptors (Lipinski definition) is 5. The quantitative estimate of drug-likeness (QED) is 0.863. The van der Waals surface area contributed by atoms with Crippen molar-refractivity contribution in [3.63, 3.8) is 0 Å². The maximum absolute atomic E-state index is 12.5. The second-order valence-electron chi connectivity index (χ2n) is 7.45. The number of rotatable bonds is 5. The van der Waals surface area contributed by atoms with Crippen LogP contribution >= 0.6 is 0 Å². The number of fused-ring (bicyclic) bond motifs is 1. The number of nitrogens with zero attached hydrogens (tertiary/aromatic N) is 2. The fourth-order valence-corrected chi connectivity index (χ4v) is 3.82. The SMILES string of the molecule is Cc1ccccc1N1CCN(CC(=O)N[C@H](C)c2ccc3c(c2)OCO3)CC1. The standard InChI is InChI=1S/C22H27N3O3/c1-16-5-3-4-6-19(16)25-11-9-24(10-12-25)14-22(26)23-17(2)18-7-8-20-21(13-18)28-15-27-20/h3-8,13,17H,9-12,14-15H2,1-2H3,(H,23,26)/t17-/m1/s1. The van der Waals surface area contributed by atoms with E-state index in [2.05, 4.69) is 46.3 Å². The third-order valence-corrected chi connectivity index (χ3v) is 5.47. The Bertz CT molecular complexity index is 847. The summed E-state index contributed by atoms with van der Waals surface area (Å²) in [5, 5.41) is 3.10. The van der Waals surface area contributed by atoms with Gasteiger partial charge in [-0.05, 0) is 43.2 Å². The predicted octanol–water partition coefficient (Wildman–Crippen LogP) is 2.72. The summed E-state index contributed by atoms with van der Waals surface area (Å²) in [6.45, 7) is 8.48. The molecule has 0 radical (unpaired) electrons. The zero-order valence-electron chi connectivity index (χ0n) is 16.5. The highest BCUT2D eigenvalue weighted by molar-refractivity contribution is 5.78. The summed E-state index contributed by atoms with van der Waals surface area (Å²) in [6, 6.07) is 14.2. The van der Waals surface area contributed by atoms with Crippen LogP contribution in [-0.4, -0.2) is 50.3 Å². The van der Waals surface area contributed by atoms with E-state index in [1.165, 1.54) is 11.3 Å². The molecule has 1 saturated heterocycles. The first-order valence-electron chi connectivity index (χ1n) is 9.82. The number of carbonyl (C=O) groups is 1. The Hall–Kier alpha value is -2.73. The Morgan fingerprint density at radius 3 is 2.61 bits per heavy atom. The van der Waals surface area contributed by atoms with Gasteiger partial charge in [-0.1, -0.05) is 24.3 Å². The first-order chi connectivity index (χ1) is 13.6. The zero-order chi connectivity index (χ0) is 19.5. The molecule has 2 heterocycles. The molecule has 6 heteroatoms. The molecule has 2 aliphatic rings. The zero-order valence-corrected chi connectivity index (χ0v) is 16.5. The van der Waals surface area contributed by atoms with Gasteiger partial charge in [0.25, 0.3) is 0 Å². The molecule has 2 aliphatic heterocycles. The minimum Gasteiger partial charge on any atom is -0.454 e. The molecule has 0 bridgehead atoms.